The first-order valence-corrected chi connectivity index (χ1v) is 6.01. The fraction of sp³-hybridized carbons (Fsp3) is 0.385. The third-order valence-electron chi connectivity index (χ3n) is 2.70. The smallest absolute Gasteiger partial charge is 0.258 e. The van der Waals surface area contributed by atoms with E-state index < -0.39 is 0 Å². The molecule has 18 heavy (non-hydrogen) atoms. The number of benzene rings is 1. The quantitative estimate of drug-likeness (QED) is 0.798. The predicted octanol–water partition coefficient (Wildman–Crippen LogP) is 1.03. The van der Waals surface area contributed by atoms with E-state index in [1.54, 1.807) is 0 Å². The van der Waals surface area contributed by atoms with Crippen LogP contribution in [-0.2, 0) is 12.8 Å². The molecule has 2 rings (SSSR count). The van der Waals surface area contributed by atoms with Crippen LogP contribution in [0.1, 0.15) is 11.4 Å². The Bertz CT molecular complexity index is 496. The van der Waals surface area contributed by atoms with Gasteiger partial charge in [0.15, 0.2) is 5.82 Å². The van der Waals surface area contributed by atoms with Gasteiger partial charge in [0.05, 0.1) is 6.61 Å². The fourth-order valence-electron chi connectivity index (χ4n) is 1.77. The molecule has 5 heteroatoms. The Kier molecular flexibility index (Phi) is 4.44. The summed E-state index contributed by atoms with van der Waals surface area (Å²) >= 11 is 0. The summed E-state index contributed by atoms with van der Waals surface area (Å²) in [5, 5.41) is 15.8. The Morgan fingerprint density at radius 3 is 2.89 bits per heavy atom. The lowest BCUT2D eigenvalue weighted by atomic mass is 10.0. The number of likely N-dealkylation sites (N-methyl/N-ethyl adjacent to an activating group) is 1. The van der Waals surface area contributed by atoms with Crippen LogP contribution >= 0.6 is 0 Å². The zero-order valence-electron chi connectivity index (χ0n) is 10.4. The first-order chi connectivity index (χ1) is 8.85. The van der Waals surface area contributed by atoms with Gasteiger partial charge in [-0.3, -0.25) is 0 Å². The lowest BCUT2D eigenvalue weighted by molar-refractivity contribution is 0.293. The molecule has 0 aliphatic rings. The van der Waals surface area contributed by atoms with Crippen LogP contribution in [0, 0.1) is 0 Å². The minimum Gasteiger partial charge on any atom is -0.396 e. The van der Waals surface area contributed by atoms with Gasteiger partial charge in [0.1, 0.15) is 0 Å². The highest BCUT2D eigenvalue weighted by Crippen LogP contribution is 2.22. The third kappa shape index (κ3) is 2.94. The van der Waals surface area contributed by atoms with Gasteiger partial charge < -0.3 is 14.9 Å². The van der Waals surface area contributed by atoms with Gasteiger partial charge in [-0.15, -0.1) is 0 Å². The van der Waals surface area contributed by atoms with Crippen molar-refractivity contribution in [3.05, 3.63) is 35.7 Å². The maximum absolute atomic E-state index is 8.84. The zero-order chi connectivity index (χ0) is 12.8. The van der Waals surface area contributed by atoms with Crippen molar-refractivity contribution < 1.29 is 9.63 Å². The Morgan fingerprint density at radius 2 is 2.11 bits per heavy atom. The molecule has 0 radical (unpaired) electrons. The van der Waals surface area contributed by atoms with Crippen molar-refractivity contribution in [1.82, 2.24) is 15.5 Å². The molecule has 0 fully saturated rings. The number of rotatable bonds is 6. The molecule has 0 aliphatic carbocycles. The monoisotopic (exact) mass is 247 g/mol. The molecule has 0 spiro atoms. The van der Waals surface area contributed by atoms with Gasteiger partial charge in [-0.1, -0.05) is 23.4 Å². The average Bonchev–Trinajstić information content (AvgIpc) is 2.86. The summed E-state index contributed by atoms with van der Waals surface area (Å²) in [6.07, 6.45) is 1.33. The molecule has 1 aromatic carbocycles. The SMILES string of the molecule is CNCCc1ccccc1-c1nc(CCO)no1. The molecule has 0 atom stereocenters. The lowest BCUT2D eigenvalue weighted by Crippen LogP contribution is -2.10. The Balaban J connectivity index is 2.25. The van der Waals surface area contributed by atoms with Gasteiger partial charge in [-0.05, 0) is 31.6 Å². The van der Waals surface area contributed by atoms with E-state index in [1.807, 2.05) is 25.2 Å². The normalized spacial score (nSPS) is 10.8. The summed E-state index contributed by atoms with van der Waals surface area (Å²) in [6.45, 7) is 0.926. The molecule has 0 bridgehead atoms. The summed E-state index contributed by atoms with van der Waals surface area (Å²) < 4.78 is 5.23. The van der Waals surface area contributed by atoms with Crippen molar-refractivity contribution in [2.24, 2.45) is 0 Å². The van der Waals surface area contributed by atoms with Crippen LogP contribution in [-0.4, -0.2) is 35.4 Å². The van der Waals surface area contributed by atoms with Crippen LogP contribution in [0.4, 0.5) is 0 Å². The molecule has 0 amide bonds. The van der Waals surface area contributed by atoms with E-state index in [1.165, 1.54) is 5.56 Å². The largest absolute Gasteiger partial charge is 0.396 e. The molecular formula is C13H17N3O2. The zero-order valence-corrected chi connectivity index (χ0v) is 10.4. The molecule has 1 aromatic heterocycles. The molecule has 96 valence electrons. The second-order valence-electron chi connectivity index (χ2n) is 4.00. The van der Waals surface area contributed by atoms with Crippen LogP contribution in [0.3, 0.4) is 0 Å². The molecule has 0 saturated heterocycles. The molecule has 2 N–H and O–H groups in total. The number of hydrogen-bond acceptors (Lipinski definition) is 5. The number of aliphatic hydroxyl groups is 1. The summed E-state index contributed by atoms with van der Waals surface area (Å²) in [5.74, 6) is 1.06. The molecule has 0 unspecified atom stereocenters. The maximum atomic E-state index is 8.84. The highest BCUT2D eigenvalue weighted by molar-refractivity contribution is 5.58. The van der Waals surface area contributed by atoms with Crippen LogP contribution in [0.25, 0.3) is 11.5 Å². The van der Waals surface area contributed by atoms with Gasteiger partial charge >= 0.3 is 0 Å². The van der Waals surface area contributed by atoms with E-state index in [2.05, 4.69) is 21.5 Å². The van der Waals surface area contributed by atoms with Crippen molar-refractivity contribution in [2.45, 2.75) is 12.8 Å². The molecule has 0 saturated carbocycles. The van der Waals surface area contributed by atoms with E-state index >= 15 is 0 Å². The topological polar surface area (TPSA) is 71.2 Å². The number of nitrogens with one attached hydrogen (secondary N) is 1. The standard InChI is InChI=1S/C13H17N3O2/c1-14-8-6-10-4-2-3-5-11(10)13-15-12(7-9-17)16-18-13/h2-5,14,17H,6-9H2,1H3. The third-order valence-corrected chi connectivity index (χ3v) is 2.70. The van der Waals surface area contributed by atoms with Crippen LogP contribution < -0.4 is 5.32 Å². The Hall–Kier alpha value is -1.72. The number of aromatic nitrogens is 2. The van der Waals surface area contributed by atoms with E-state index in [0.29, 0.717) is 18.1 Å². The van der Waals surface area contributed by atoms with E-state index in [9.17, 15) is 0 Å². The van der Waals surface area contributed by atoms with Crippen molar-refractivity contribution >= 4 is 0 Å². The van der Waals surface area contributed by atoms with E-state index in [-0.39, 0.29) is 6.61 Å². The first kappa shape index (κ1) is 12.7. The molecular weight excluding hydrogens is 230 g/mol. The molecule has 0 aliphatic heterocycles. The summed E-state index contributed by atoms with van der Waals surface area (Å²) in [7, 11) is 1.93. The maximum Gasteiger partial charge on any atom is 0.258 e. The van der Waals surface area contributed by atoms with Crippen molar-refractivity contribution in [3.63, 3.8) is 0 Å². The second kappa shape index (κ2) is 6.28. The number of aliphatic hydroxyl groups excluding tert-OH is 1. The molecule has 2 aromatic rings. The summed E-state index contributed by atoms with van der Waals surface area (Å²) in [4.78, 5) is 4.28. The predicted molar refractivity (Wildman–Crippen MR) is 68.2 cm³/mol. The molecule has 1 heterocycles. The minimum atomic E-state index is 0.0281. The summed E-state index contributed by atoms with van der Waals surface area (Å²) in [6, 6.07) is 7.98. The lowest BCUT2D eigenvalue weighted by Gasteiger charge is -2.05. The highest BCUT2D eigenvalue weighted by atomic mass is 16.5. The Morgan fingerprint density at radius 1 is 1.28 bits per heavy atom. The van der Waals surface area contributed by atoms with E-state index in [4.69, 9.17) is 9.63 Å². The minimum absolute atomic E-state index is 0.0281. The van der Waals surface area contributed by atoms with E-state index in [0.717, 1.165) is 18.5 Å². The van der Waals surface area contributed by atoms with Crippen molar-refractivity contribution in [2.75, 3.05) is 20.2 Å². The van der Waals surface area contributed by atoms with Crippen LogP contribution in [0.5, 0.6) is 0 Å². The fourth-order valence-corrected chi connectivity index (χ4v) is 1.77. The van der Waals surface area contributed by atoms with Gasteiger partial charge in [-0.2, -0.15) is 4.98 Å². The van der Waals surface area contributed by atoms with Gasteiger partial charge in [0.25, 0.3) is 5.89 Å². The first-order valence-electron chi connectivity index (χ1n) is 6.01. The number of hydrogen-bond donors (Lipinski definition) is 2. The average molecular weight is 247 g/mol. The Labute approximate surface area is 106 Å². The summed E-state index contributed by atoms with van der Waals surface area (Å²) in [5.41, 5.74) is 2.13. The second-order valence-corrected chi connectivity index (χ2v) is 4.00. The van der Waals surface area contributed by atoms with Crippen molar-refractivity contribution in [1.29, 1.82) is 0 Å². The van der Waals surface area contributed by atoms with Gasteiger partial charge in [-0.25, -0.2) is 0 Å². The number of nitrogens with zero attached hydrogens (tertiary/aromatic N) is 2. The highest BCUT2D eigenvalue weighted by Gasteiger charge is 2.11. The van der Waals surface area contributed by atoms with Gasteiger partial charge in [0.2, 0.25) is 0 Å². The van der Waals surface area contributed by atoms with Crippen LogP contribution in [0.15, 0.2) is 28.8 Å². The van der Waals surface area contributed by atoms with Gasteiger partial charge in [0, 0.05) is 12.0 Å². The van der Waals surface area contributed by atoms with Crippen molar-refractivity contribution in [3.8, 4) is 11.5 Å². The van der Waals surface area contributed by atoms with Crippen LogP contribution in [0.2, 0.25) is 0 Å². The molecule has 5 nitrogen and oxygen atoms in total.